The monoisotopic (exact) mass is 236 g/mol. The number of nitrogens with one attached hydrogen (secondary N) is 1. The number of aryl methyl sites for hydroxylation is 1. The van der Waals surface area contributed by atoms with Gasteiger partial charge in [0.05, 0.1) is 17.1 Å². The third kappa shape index (κ3) is 2.55. The molecule has 92 valence electrons. The Morgan fingerprint density at radius 1 is 1.53 bits per heavy atom. The zero-order valence-electron chi connectivity index (χ0n) is 10.0. The molecule has 1 fully saturated rings. The normalized spacial score (nSPS) is 23.6. The maximum Gasteiger partial charge on any atom is 0.269 e. The van der Waals surface area contributed by atoms with Crippen molar-refractivity contribution >= 4 is 11.4 Å². The molecule has 1 heterocycles. The van der Waals surface area contributed by atoms with Crippen molar-refractivity contribution in [1.82, 2.24) is 0 Å². The van der Waals surface area contributed by atoms with E-state index in [0.29, 0.717) is 6.61 Å². The summed E-state index contributed by atoms with van der Waals surface area (Å²) in [5, 5.41) is 14.0. The molecule has 1 aliphatic rings. The molecule has 0 bridgehead atoms. The molecule has 1 unspecified atom stereocenters. The summed E-state index contributed by atoms with van der Waals surface area (Å²) in [5.41, 5.74) is 1.87. The molecule has 0 saturated carbocycles. The van der Waals surface area contributed by atoms with Gasteiger partial charge in [0.25, 0.3) is 5.69 Å². The maximum atomic E-state index is 10.6. The van der Waals surface area contributed by atoms with Crippen LogP contribution in [0, 0.1) is 17.0 Å². The van der Waals surface area contributed by atoms with Crippen LogP contribution in [0.15, 0.2) is 18.2 Å². The van der Waals surface area contributed by atoms with Crippen LogP contribution in [-0.4, -0.2) is 23.7 Å². The van der Waals surface area contributed by atoms with Crippen LogP contribution < -0.4 is 5.32 Å². The molecule has 1 aliphatic heterocycles. The van der Waals surface area contributed by atoms with Crippen molar-refractivity contribution in [2.24, 2.45) is 0 Å². The predicted octanol–water partition coefficient (Wildman–Crippen LogP) is 2.49. The van der Waals surface area contributed by atoms with Crippen LogP contribution in [0.2, 0.25) is 0 Å². The summed E-state index contributed by atoms with van der Waals surface area (Å²) >= 11 is 0. The first-order valence-electron chi connectivity index (χ1n) is 5.61. The summed E-state index contributed by atoms with van der Waals surface area (Å²) in [4.78, 5) is 10.3. The first-order valence-corrected chi connectivity index (χ1v) is 5.61. The van der Waals surface area contributed by atoms with E-state index in [9.17, 15) is 10.1 Å². The Labute approximate surface area is 99.9 Å². The number of nitro groups is 1. The second-order valence-corrected chi connectivity index (χ2v) is 4.74. The summed E-state index contributed by atoms with van der Waals surface area (Å²) in [5.74, 6) is 0. The molecule has 17 heavy (non-hydrogen) atoms. The molecule has 0 spiro atoms. The molecule has 0 radical (unpaired) electrons. The maximum absolute atomic E-state index is 10.6. The largest absolute Gasteiger partial charge is 0.379 e. The zero-order chi connectivity index (χ0) is 12.5. The number of hydrogen-bond donors (Lipinski definition) is 1. The summed E-state index contributed by atoms with van der Waals surface area (Å²) in [6.07, 6.45) is 0.948. The van der Waals surface area contributed by atoms with E-state index < -0.39 is 0 Å². The lowest BCUT2D eigenvalue weighted by Crippen LogP contribution is -2.35. The fourth-order valence-electron chi connectivity index (χ4n) is 1.99. The standard InChI is InChI=1S/C12H16N2O3/c1-9-7-10(14(15)16)3-4-11(9)13-12(2)5-6-17-8-12/h3-4,7,13H,5-6,8H2,1-2H3. The first kappa shape index (κ1) is 11.9. The van der Waals surface area contributed by atoms with Crippen LogP contribution in [0.4, 0.5) is 11.4 Å². The van der Waals surface area contributed by atoms with E-state index in [2.05, 4.69) is 12.2 Å². The van der Waals surface area contributed by atoms with E-state index in [4.69, 9.17) is 4.74 Å². The van der Waals surface area contributed by atoms with E-state index in [1.54, 1.807) is 12.1 Å². The fraction of sp³-hybridized carbons (Fsp3) is 0.500. The van der Waals surface area contributed by atoms with Crippen molar-refractivity contribution in [1.29, 1.82) is 0 Å². The molecule has 1 saturated heterocycles. The molecule has 0 aromatic heterocycles. The Morgan fingerprint density at radius 2 is 2.29 bits per heavy atom. The molecule has 1 atom stereocenters. The number of rotatable bonds is 3. The molecule has 1 aromatic rings. The number of hydrogen-bond acceptors (Lipinski definition) is 4. The summed E-state index contributed by atoms with van der Waals surface area (Å²) in [6.45, 7) is 5.40. The lowest BCUT2D eigenvalue weighted by Gasteiger charge is -2.26. The van der Waals surface area contributed by atoms with Gasteiger partial charge in [0.2, 0.25) is 0 Å². The minimum atomic E-state index is -0.378. The van der Waals surface area contributed by atoms with Crippen molar-refractivity contribution in [3.8, 4) is 0 Å². The van der Waals surface area contributed by atoms with Gasteiger partial charge < -0.3 is 10.1 Å². The van der Waals surface area contributed by atoms with Gasteiger partial charge in [0, 0.05) is 24.4 Å². The molecule has 5 heteroatoms. The van der Waals surface area contributed by atoms with E-state index in [1.165, 1.54) is 6.07 Å². The predicted molar refractivity (Wildman–Crippen MR) is 65.3 cm³/mol. The van der Waals surface area contributed by atoms with Crippen LogP contribution in [0.1, 0.15) is 18.9 Å². The quantitative estimate of drug-likeness (QED) is 0.647. The first-order chi connectivity index (χ1) is 8.00. The van der Waals surface area contributed by atoms with Gasteiger partial charge in [-0.25, -0.2) is 0 Å². The second-order valence-electron chi connectivity index (χ2n) is 4.74. The SMILES string of the molecule is Cc1cc([N+](=O)[O-])ccc1NC1(C)CCOC1. The average Bonchev–Trinajstić information content (AvgIpc) is 2.68. The molecular weight excluding hydrogens is 220 g/mol. The summed E-state index contributed by atoms with van der Waals surface area (Å²) in [6, 6.07) is 4.87. The Hall–Kier alpha value is -1.62. The molecule has 0 aliphatic carbocycles. The highest BCUT2D eigenvalue weighted by atomic mass is 16.6. The van der Waals surface area contributed by atoms with Crippen LogP contribution in [0.5, 0.6) is 0 Å². The number of nitrogens with zero attached hydrogens (tertiary/aromatic N) is 1. The van der Waals surface area contributed by atoms with Crippen molar-refractivity contribution in [2.45, 2.75) is 25.8 Å². The second kappa shape index (κ2) is 4.33. The van der Waals surface area contributed by atoms with Gasteiger partial charge in [-0.15, -0.1) is 0 Å². The number of non-ortho nitro benzene ring substituents is 1. The Bertz CT molecular complexity index is 439. The summed E-state index contributed by atoms with van der Waals surface area (Å²) in [7, 11) is 0. The van der Waals surface area contributed by atoms with Gasteiger partial charge in [-0.2, -0.15) is 0 Å². The van der Waals surface area contributed by atoms with E-state index in [-0.39, 0.29) is 16.1 Å². The van der Waals surface area contributed by atoms with Crippen LogP contribution >= 0.6 is 0 Å². The van der Waals surface area contributed by atoms with Gasteiger partial charge in [0.15, 0.2) is 0 Å². The van der Waals surface area contributed by atoms with Crippen molar-refractivity contribution in [2.75, 3.05) is 18.5 Å². The third-order valence-electron chi connectivity index (χ3n) is 3.08. The minimum absolute atomic E-state index is 0.0686. The van der Waals surface area contributed by atoms with Crippen LogP contribution in [-0.2, 0) is 4.74 Å². The molecule has 5 nitrogen and oxygen atoms in total. The highest BCUT2D eigenvalue weighted by Gasteiger charge is 2.29. The number of nitro benzene ring substituents is 1. The van der Waals surface area contributed by atoms with Gasteiger partial charge >= 0.3 is 0 Å². The number of anilines is 1. The van der Waals surface area contributed by atoms with Crippen LogP contribution in [0.25, 0.3) is 0 Å². The molecule has 1 N–H and O–H groups in total. The molecule has 1 aromatic carbocycles. The molecule has 2 rings (SSSR count). The number of benzene rings is 1. The average molecular weight is 236 g/mol. The number of ether oxygens (including phenoxy) is 1. The van der Waals surface area contributed by atoms with E-state index >= 15 is 0 Å². The van der Waals surface area contributed by atoms with E-state index in [1.807, 2.05) is 6.92 Å². The Morgan fingerprint density at radius 3 is 2.82 bits per heavy atom. The highest BCUT2D eigenvalue weighted by molar-refractivity contribution is 5.56. The minimum Gasteiger partial charge on any atom is -0.379 e. The van der Waals surface area contributed by atoms with E-state index in [0.717, 1.165) is 24.3 Å². The van der Waals surface area contributed by atoms with Gasteiger partial charge in [-0.3, -0.25) is 10.1 Å². The zero-order valence-corrected chi connectivity index (χ0v) is 10.0. The fourth-order valence-corrected chi connectivity index (χ4v) is 1.99. The Kier molecular flexibility index (Phi) is 3.02. The molecular formula is C12H16N2O3. The summed E-state index contributed by atoms with van der Waals surface area (Å²) < 4.78 is 5.36. The van der Waals surface area contributed by atoms with Gasteiger partial charge in [0.1, 0.15) is 0 Å². The lowest BCUT2D eigenvalue weighted by atomic mass is 10.0. The molecule has 0 amide bonds. The smallest absolute Gasteiger partial charge is 0.269 e. The third-order valence-corrected chi connectivity index (χ3v) is 3.08. The van der Waals surface area contributed by atoms with Crippen LogP contribution in [0.3, 0.4) is 0 Å². The Balaban J connectivity index is 2.19. The van der Waals surface area contributed by atoms with Crippen molar-refractivity contribution < 1.29 is 9.66 Å². The van der Waals surface area contributed by atoms with Gasteiger partial charge in [-0.1, -0.05) is 0 Å². The highest BCUT2D eigenvalue weighted by Crippen LogP contribution is 2.27. The van der Waals surface area contributed by atoms with Crippen molar-refractivity contribution in [3.63, 3.8) is 0 Å². The lowest BCUT2D eigenvalue weighted by molar-refractivity contribution is -0.384. The van der Waals surface area contributed by atoms with Gasteiger partial charge in [-0.05, 0) is 31.9 Å². The van der Waals surface area contributed by atoms with Crippen molar-refractivity contribution in [3.05, 3.63) is 33.9 Å². The topological polar surface area (TPSA) is 64.4 Å².